The molecule has 1 amide bonds. The molecule has 10 heteroatoms. The molecule has 0 fully saturated rings. The minimum atomic E-state index is -0.734. The van der Waals surface area contributed by atoms with Crippen molar-refractivity contribution in [3.05, 3.63) is 32.9 Å². The van der Waals surface area contributed by atoms with Crippen molar-refractivity contribution in [1.29, 1.82) is 0 Å². The second-order valence-corrected chi connectivity index (χ2v) is 4.78. The van der Waals surface area contributed by atoms with E-state index in [1.54, 1.807) is 7.05 Å². The van der Waals surface area contributed by atoms with Crippen molar-refractivity contribution < 1.29 is 4.79 Å². The molecule has 0 spiro atoms. The van der Waals surface area contributed by atoms with Crippen LogP contribution in [-0.4, -0.2) is 35.0 Å². The van der Waals surface area contributed by atoms with Crippen LogP contribution in [0.25, 0.3) is 0 Å². The Morgan fingerprint density at radius 3 is 2.64 bits per heavy atom. The van der Waals surface area contributed by atoms with E-state index < -0.39 is 17.2 Å². The Labute approximate surface area is 125 Å². The Morgan fingerprint density at radius 2 is 2.05 bits per heavy atom. The summed E-state index contributed by atoms with van der Waals surface area (Å²) >= 11 is 0. The highest BCUT2D eigenvalue weighted by atomic mass is 16.2. The first kappa shape index (κ1) is 15.6. The quantitative estimate of drug-likeness (QED) is 0.767. The van der Waals surface area contributed by atoms with Crippen molar-refractivity contribution >= 4 is 11.9 Å². The third-order valence-corrected chi connectivity index (χ3v) is 3.09. The number of nitrogens with zero attached hydrogens (tertiary/aromatic N) is 6. The maximum Gasteiger partial charge on any atom is 0.347 e. The van der Waals surface area contributed by atoms with Gasteiger partial charge in [0.2, 0.25) is 11.6 Å². The fourth-order valence-corrected chi connectivity index (χ4v) is 1.84. The number of carbonyl (C=O) groups is 1. The van der Waals surface area contributed by atoms with Crippen LogP contribution in [0.5, 0.6) is 0 Å². The molecule has 2 aromatic heterocycles. The maximum atomic E-state index is 12.3. The van der Waals surface area contributed by atoms with Crippen LogP contribution in [-0.2, 0) is 20.6 Å². The number of nitrogens with one attached hydrogen (secondary N) is 1. The second-order valence-electron chi connectivity index (χ2n) is 4.78. The molecule has 2 rings (SSSR count). The molecule has 2 aromatic rings. The Bertz CT molecular complexity index is 802. The highest BCUT2D eigenvalue weighted by Crippen LogP contribution is 2.00. The van der Waals surface area contributed by atoms with Gasteiger partial charge < -0.3 is 4.57 Å². The third kappa shape index (κ3) is 2.95. The molecule has 0 atom stereocenters. The van der Waals surface area contributed by atoms with E-state index in [1.165, 1.54) is 17.9 Å². The zero-order valence-electron chi connectivity index (χ0n) is 12.6. The number of amides is 1. The SMILES string of the molecule is CCCCn1c(=O)c(C(=O)Nc2nncn2C)nn(C)c1=O. The molecular weight excluding hydrogens is 290 g/mol. The summed E-state index contributed by atoms with van der Waals surface area (Å²) in [6.45, 7) is 2.19. The Morgan fingerprint density at radius 1 is 1.32 bits per heavy atom. The van der Waals surface area contributed by atoms with Gasteiger partial charge >= 0.3 is 5.69 Å². The monoisotopic (exact) mass is 307 g/mol. The molecule has 118 valence electrons. The van der Waals surface area contributed by atoms with Gasteiger partial charge in [-0.25, -0.2) is 9.48 Å². The number of carbonyl (C=O) groups excluding carboxylic acids is 1. The molecule has 0 aliphatic carbocycles. The van der Waals surface area contributed by atoms with E-state index in [9.17, 15) is 14.4 Å². The van der Waals surface area contributed by atoms with Gasteiger partial charge in [-0.1, -0.05) is 13.3 Å². The lowest BCUT2D eigenvalue weighted by Crippen LogP contribution is -2.44. The van der Waals surface area contributed by atoms with E-state index in [2.05, 4.69) is 20.6 Å². The van der Waals surface area contributed by atoms with Crippen molar-refractivity contribution in [2.75, 3.05) is 5.32 Å². The lowest BCUT2D eigenvalue weighted by Gasteiger charge is -2.08. The molecule has 0 radical (unpaired) electrons. The first-order chi connectivity index (χ1) is 10.5. The fourth-order valence-electron chi connectivity index (χ4n) is 1.84. The fraction of sp³-hybridized carbons (Fsp3) is 0.500. The number of aromatic nitrogens is 6. The van der Waals surface area contributed by atoms with Gasteiger partial charge in [-0.05, 0) is 6.42 Å². The molecule has 1 N–H and O–H groups in total. The van der Waals surface area contributed by atoms with E-state index in [0.717, 1.165) is 15.7 Å². The van der Waals surface area contributed by atoms with Crippen molar-refractivity contribution in [3.63, 3.8) is 0 Å². The largest absolute Gasteiger partial charge is 0.347 e. The summed E-state index contributed by atoms with van der Waals surface area (Å²) < 4.78 is 3.47. The normalized spacial score (nSPS) is 10.7. The number of hydrogen-bond acceptors (Lipinski definition) is 6. The minimum Gasteiger partial charge on any atom is -0.303 e. The first-order valence-corrected chi connectivity index (χ1v) is 6.79. The van der Waals surface area contributed by atoms with Crippen LogP contribution in [0.4, 0.5) is 5.95 Å². The molecule has 10 nitrogen and oxygen atoms in total. The Balaban J connectivity index is 2.40. The number of unbranched alkanes of at least 4 members (excludes halogenated alkanes) is 1. The van der Waals surface area contributed by atoms with Gasteiger partial charge in [0.1, 0.15) is 6.33 Å². The van der Waals surface area contributed by atoms with Crippen LogP contribution in [0.15, 0.2) is 15.9 Å². The Kier molecular flexibility index (Phi) is 4.49. The summed E-state index contributed by atoms with van der Waals surface area (Å²) in [5.41, 5.74) is -1.62. The number of aryl methyl sites for hydroxylation is 2. The molecule has 0 saturated heterocycles. The maximum absolute atomic E-state index is 12.3. The zero-order valence-corrected chi connectivity index (χ0v) is 12.6. The number of rotatable bonds is 5. The predicted molar refractivity (Wildman–Crippen MR) is 77.6 cm³/mol. The van der Waals surface area contributed by atoms with Gasteiger partial charge in [-0.3, -0.25) is 19.5 Å². The molecular formula is C12H17N7O3. The summed E-state index contributed by atoms with van der Waals surface area (Å²) in [6, 6.07) is 0. The summed E-state index contributed by atoms with van der Waals surface area (Å²) in [4.78, 5) is 36.4. The molecule has 22 heavy (non-hydrogen) atoms. The van der Waals surface area contributed by atoms with E-state index >= 15 is 0 Å². The minimum absolute atomic E-state index is 0.181. The molecule has 0 bridgehead atoms. The third-order valence-electron chi connectivity index (χ3n) is 3.09. The van der Waals surface area contributed by atoms with E-state index in [-0.39, 0.29) is 18.2 Å². The van der Waals surface area contributed by atoms with E-state index in [4.69, 9.17) is 0 Å². The zero-order chi connectivity index (χ0) is 16.3. The summed E-state index contributed by atoms with van der Waals surface area (Å²) in [7, 11) is 3.03. The van der Waals surface area contributed by atoms with Gasteiger partial charge in [-0.15, -0.1) is 10.2 Å². The van der Waals surface area contributed by atoms with Gasteiger partial charge in [-0.2, -0.15) is 5.10 Å². The smallest absolute Gasteiger partial charge is 0.303 e. The van der Waals surface area contributed by atoms with Crippen LogP contribution >= 0.6 is 0 Å². The second kappa shape index (κ2) is 6.33. The van der Waals surface area contributed by atoms with Crippen molar-refractivity contribution in [3.8, 4) is 0 Å². The van der Waals surface area contributed by atoms with Crippen LogP contribution in [0.2, 0.25) is 0 Å². The molecule has 0 aliphatic rings. The summed E-state index contributed by atoms with van der Waals surface area (Å²) in [6.07, 6.45) is 2.88. The molecule has 0 saturated carbocycles. The van der Waals surface area contributed by atoms with Crippen LogP contribution in [0, 0.1) is 0 Å². The highest BCUT2D eigenvalue weighted by Gasteiger charge is 2.19. The van der Waals surface area contributed by atoms with Gasteiger partial charge in [0.25, 0.3) is 11.5 Å². The highest BCUT2D eigenvalue weighted by molar-refractivity contribution is 6.01. The average molecular weight is 307 g/mol. The topological polar surface area (TPSA) is 117 Å². The van der Waals surface area contributed by atoms with Gasteiger partial charge in [0, 0.05) is 20.6 Å². The van der Waals surface area contributed by atoms with Crippen molar-refractivity contribution in [2.24, 2.45) is 14.1 Å². The lowest BCUT2D eigenvalue weighted by atomic mass is 10.3. The molecule has 0 aromatic carbocycles. The van der Waals surface area contributed by atoms with Crippen LogP contribution in [0.3, 0.4) is 0 Å². The molecule has 0 aliphatic heterocycles. The number of anilines is 1. The van der Waals surface area contributed by atoms with Gasteiger partial charge in [0.15, 0.2) is 0 Å². The molecule has 2 heterocycles. The lowest BCUT2D eigenvalue weighted by molar-refractivity contribution is 0.101. The average Bonchev–Trinajstić information content (AvgIpc) is 2.88. The number of hydrogen-bond donors (Lipinski definition) is 1. The Hall–Kier alpha value is -2.78. The van der Waals surface area contributed by atoms with E-state index in [1.807, 2.05) is 6.92 Å². The van der Waals surface area contributed by atoms with Crippen LogP contribution < -0.4 is 16.6 Å². The molecule has 0 unspecified atom stereocenters. The summed E-state index contributed by atoms with van der Waals surface area (Å²) in [5, 5.41) is 13.5. The standard InChI is InChI=1S/C12H17N7O3/c1-4-5-6-19-10(21)8(16-18(3)12(19)22)9(20)14-11-15-13-7-17(11)2/h7H,4-6H2,1-3H3,(H,14,15,20). The van der Waals surface area contributed by atoms with E-state index in [0.29, 0.717) is 6.42 Å². The predicted octanol–water partition coefficient (Wildman–Crippen LogP) is -0.877. The van der Waals surface area contributed by atoms with Crippen LogP contribution in [0.1, 0.15) is 30.3 Å². The summed E-state index contributed by atoms with van der Waals surface area (Å²) in [5.74, 6) is -0.554. The first-order valence-electron chi connectivity index (χ1n) is 6.79. The van der Waals surface area contributed by atoms with Crippen molar-refractivity contribution in [1.82, 2.24) is 29.1 Å². The van der Waals surface area contributed by atoms with Gasteiger partial charge in [0.05, 0.1) is 0 Å². The van der Waals surface area contributed by atoms with Crippen molar-refractivity contribution in [2.45, 2.75) is 26.3 Å².